The largest absolute Gasteiger partial charge is 0.478 e. The first-order valence-corrected chi connectivity index (χ1v) is 6.55. The lowest BCUT2D eigenvalue weighted by molar-refractivity contribution is -0.131. The summed E-state index contributed by atoms with van der Waals surface area (Å²) in [7, 11) is 1.59. The van der Waals surface area contributed by atoms with E-state index in [1.54, 1.807) is 18.6 Å². The Hall–Kier alpha value is -1.66. The van der Waals surface area contributed by atoms with Gasteiger partial charge in [-0.1, -0.05) is 0 Å². The molecule has 0 saturated carbocycles. The molecule has 1 heterocycles. The molecule has 0 unspecified atom stereocenters. The van der Waals surface area contributed by atoms with Crippen molar-refractivity contribution < 1.29 is 19.4 Å². The maximum absolute atomic E-state index is 11.9. The van der Waals surface area contributed by atoms with Crippen LogP contribution in [0.5, 0.6) is 0 Å². The molecule has 0 saturated heterocycles. The lowest BCUT2D eigenvalue weighted by atomic mass is 10.1. The van der Waals surface area contributed by atoms with Gasteiger partial charge in [0.1, 0.15) is 0 Å². The van der Waals surface area contributed by atoms with Crippen molar-refractivity contribution in [3.63, 3.8) is 0 Å². The third-order valence-electron chi connectivity index (χ3n) is 2.50. The van der Waals surface area contributed by atoms with Crippen molar-refractivity contribution in [1.82, 2.24) is 5.32 Å². The van der Waals surface area contributed by atoms with Crippen molar-refractivity contribution in [3.8, 4) is 0 Å². The van der Waals surface area contributed by atoms with Crippen LogP contribution in [-0.4, -0.2) is 36.2 Å². The zero-order valence-corrected chi connectivity index (χ0v) is 11.9. The molecule has 0 aromatic carbocycles. The Kier molecular flexibility index (Phi) is 5.26. The van der Waals surface area contributed by atoms with Gasteiger partial charge in [0.25, 0.3) is 5.91 Å². The summed E-state index contributed by atoms with van der Waals surface area (Å²) in [4.78, 5) is 23.0. The first-order chi connectivity index (χ1) is 8.84. The fourth-order valence-electron chi connectivity index (χ4n) is 1.18. The predicted molar refractivity (Wildman–Crippen MR) is 74.4 cm³/mol. The normalized spacial score (nSPS) is 11.7. The lowest BCUT2D eigenvalue weighted by Gasteiger charge is -2.22. The van der Waals surface area contributed by atoms with Crippen LogP contribution in [0.1, 0.15) is 29.1 Å². The zero-order chi connectivity index (χ0) is 14.5. The van der Waals surface area contributed by atoms with E-state index in [-0.39, 0.29) is 5.91 Å². The van der Waals surface area contributed by atoms with Crippen LogP contribution < -0.4 is 5.32 Å². The summed E-state index contributed by atoms with van der Waals surface area (Å²) in [6.07, 6.45) is 2.50. The molecule has 0 fully saturated rings. The topological polar surface area (TPSA) is 75.6 Å². The van der Waals surface area contributed by atoms with E-state index >= 15 is 0 Å². The Morgan fingerprint density at radius 3 is 2.79 bits per heavy atom. The lowest BCUT2D eigenvalue weighted by Crippen LogP contribution is -2.39. The molecule has 1 rings (SSSR count). The van der Waals surface area contributed by atoms with Gasteiger partial charge in [-0.2, -0.15) is 0 Å². The van der Waals surface area contributed by atoms with Crippen LogP contribution in [0.3, 0.4) is 0 Å². The summed E-state index contributed by atoms with van der Waals surface area (Å²) < 4.78 is 5.21. The number of thiophene rings is 1. The van der Waals surface area contributed by atoms with Crippen molar-refractivity contribution in [2.75, 3.05) is 13.7 Å². The molecule has 19 heavy (non-hydrogen) atoms. The summed E-state index contributed by atoms with van der Waals surface area (Å²) in [6.45, 7) is 4.16. The van der Waals surface area contributed by atoms with Crippen molar-refractivity contribution >= 4 is 29.3 Å². The van der Waals surface area contributed by atoms with E-state index in [2.05, 4.69) is 5.32 Å². The summed E-state index contributed by atoms with van der Waals surface area (Å²) >= 11 is 1.32. The second-order valence-electron chi connectivity index (χ2n) is 4.56. The highest BCUT2D eigenvalue weighted by Gasteiger charge is 2.18. The molecule has 0 aliphatic rings. The van der Waals surface area contributed by atoms with Crippen LogP contribution in [0, 0.1) is 0 Å². The third-order valence-corrected chi connectivity index (χ3v) is 3.40. The number of ether oxygens (including phenoxy) is 1. The number of carbonyl (C=O) groups excluding carboxylic acids is 1. The molecule has 1 amide bonds. The molecule has 0 radical (unpaired) electrons. The highest BCUT2D eigenvalue weighted by molar-refractivity contribution is 7.11. The number of carboxylic acids is 1. The predicted octanol–water partition coefficient (Wildman–Crippen LogP) is 2.00. The Morgan fingerprint density at radius 2 is 2.21 bits per heavy atom. The van der Waals surface area contributed by atoms with Crippen molar-refractivity contribution in [2.45, 2.75) is 19.4 Å². The van der Waals surface area contributed by atoms with Crippen LogP contribution in [0.2, 0.25) is 0 Å². The molecular weight excluding hydrogens is 266 g/mol. The SMILES string of the molecule is COC(C)(C)CNC(=O)c1csc(/C=C/C(=O)O)c1. The van der Waals surface area contributed by atoms with E-state index in [1.165, 1.54) is 17.4 Å². The number of rotatable bonds is 6. The van der Waals surface area contributed by atoms with Gasteiger partial charge in [0.2, 0.25) is 0 Å². The summed E-state index contributed by atoms with van der Waals surface area (Å²) in [5.41, 5.74) is 0.0968. The first-order valence-electron chi connectivity index (χ1n) is 5.67. The molecule has 5 nitrogen and oxygen atoms in total. The van der Waals surface area contributed by atoms with E-state index in [1.807, 2.05) is 13.8 Å². The van der Waals surface area contributed by atoms with Gasteiger partial charge in [-0.05, 0) is 26.0 Å². The van der Waals surface area contributed by atoms with E-state index in [9.17, 15) is 9.59 Å². The van der Waals surface area contributed by atoms with Gasteiger partial charge in [-0.25, -0.2) is 4.79 Å². The minimum absolute atomic E-state index is 0.198. The van der Waals surface area contributed by atoms with Crippen LogP contribution in [-0.2, 0) is 9.53 Å². The Bertz CT molecular complexity index is 491. The summed E-state index contributed by atoms with van der Waals surface area (Å²) in [6, 6.07) is 1.65. The zero-order valence-electron chi connectivity index (χ0n) is 11.1. The average molecular weight is 283 g/mol. The van der Waals surface area contributed by atoms with Crippen molar-refractivity contribution in [3.05, 3.63) is 28.0 Å². The highest BCUT2D eigenvalue weighted by atomic mass is 32.1. The first kappa shape index (κ1) is 15.4. The van der Waals surface area contributed by atoms with Gasteiger partial charge >= 0.3 is 5.97 Å². The third kappa shape index (κ3) is 5.23. The molecule has 2 N–H and O–H groups in total. The molecule has 0 aliphatic heterocycles. The maximum atomic E-state index is 11.9. The maximum Gasteiger partial charge on any atom is 0.328 e. The van der Waals surface area contributed by atoms with E-state index in [0.717, 1.165) is 11.0 Å². The van der Waals surface area contributed by atoms with Gasteiger partial charge in [0.15, 0.2) is 0 Å². The second-order valence-corrected chi connectivity index (χ2v) is 5.50. The van der Waals surface area contributed by atoms with Gasteiger partial charge < -0.3 is 15.2 Å². The molecule has 0 bridgehead atoms. The van der Waals surface area contributed by atoms with Gasteiger partial charge in [-0.3, -0.25) is 4.79 Å². The van der Waals surface area contributed by atoms with E-state index in [0.29, 0.717) is 12.1 Å². The number of amides is 1. The number of carbonyl (C=O) groups is 2. The molecule has 1 aromatic heterocycles. The summed E-state index contributed by atoms with van der Waals surface area (Å²) in [5.74, 6) is -1.21. The number of methoxy groups -OCH3 is 1. The Morgan fingerprint density at radius 1 is 1.53 bits per heavy atom. The number of carboxylic acid groups (broad SMARTS) is 1. The minimum atomic E-state index is -1.01. The highest BCUT2D eigenvalue weighted by Crippen LogP contribution is 2.16. The molecule has 104 valence electrons. The van der Waals surface area contributed by atoms with Crippen molar-refractivity contribution in [1.29, 1.82) is 0 Å². The monoisotopic (exact) mass is 283 g/mol. The summed E-state index contributed by atoms with van der Waals surface area (Å²) in [5, 5.41) is 13.0. The fourth-order valence-corrected chi connectivity index (χ4v) is 1.96. The van der Waals surface area contributed by atoms with Crippen LogP contribution >= 0.6 is 11.3 Å². The molecule has 0 spiro atoms. The molecular formula is C13H17NO4S. The second kappa shape index (κ2) is 6.49. The van der Waals surface area contributed by atoms with Crippen LogP contribution in [0.15, 0.2) is 17.5 Å². The number of aliphatic carboxylic acids is 1. The molecule has 0 aliphatic carbocycles. The fraction of sp³-hybridized carbons (Fsp3) is 0.385. The quantitative estimate of drug-likeness (QED) is 0.783. The minimum Gasteiger partial charge on any atom is -0.478 e. The van der Waals surface area contributed by atoms with Crippen molar-refractivity contribution in [2.24, 2.45) is 0 Å². The van der Waals surface area contributed by atoms with Crippen LogP contribution in [0.25, 0.3) is 6.08 Å². The molecule has 6 heteroatoms. The van der Waals surface area contributed by atoms with Gasteiger partial charge in [0, 0.05) is 30.0 Å². The number of nitrogens with one attached hydrogen (secondary N) is 1. The molecule has 1 aromatic rings. The molecule has 0 atom stereocenters. The standard InChI is InChI=1S/C13H17NO4S/c1-13(2,18-3)8-14-12(17)9-6-10(19-7-9)4-5-11(15)16/h4-7H,8H2,1-3H3,(H,14,17)(H,15,16)/b5-4+. The Labute approximate surface area is 115 Å². The van der Waals surface area contributed by atoms with Gasteiger partial charge in [0.05, 0.1) is 11.2 Å². The van der Waals surface area contributed by atoms with Crippen LogP contribution in [0.4, 0.5) is 0 Å². The smallest absolute Gasteiger partial charge is 0.328 e. The van der Waals surface area contributed by atoms with E-state index in [4.69, 9.17) is 9.84 Å². The van der Waals surface area contributed by atoms with E-state index < -0.39 is 11.6 Å². The Balaban J connectivity index is 2.61. The van der Waals surface area contributed by atoms with Gasteiger partial charge in [-0.15, -0.1) is 11.3 Å². The number of hydrogen-bond donors (Lipinski definition) is 2. The number of hydrogen-bond acceptors (Lipinski definition) is 4. The average Bonchev–Trinajstić information content (AvgIpc) is 2.82.